The molecule has 0 saturated carbocycles. The van der Waals surface area contributed by atoms with Crippen LogP contribution in [0.5, 0.6) is 0 Å². The van der Waals surface area contributed by atoms with E-state index in [0.29, 0.717) is 18.0 Å². The summed E-state index contributed by atoms with van der Waals surface area (Å²) < 4.78 is 36.2. The van der Waals surface area contributed by atoms with Crippen molar-refractivity contribution >= 4 is 32.2 Å². The Balaban J connectivity index is 3.02. The summed E-state index contributed by atoms with van der Waals surface area (Å²) in [6.45, 7) is 0.471. The number of nitrogens with zero attached hydrogens (tertiary/aromatic N) is 1. The molecule has 0 saturated heterocycles. The van der Waals surface area contributed by atoms with Crippen LogP contribution in [0.15, 0.2) is 23.1 Å². The Morgan fingerprint density at radius 1 is 1.37 bits per heavy atom. The lowest BCUT2D eigenvalue weighted by Crippen LogP contribution is -2.23. The molecule has 0 aliphatic rings. The van der Waals surface area contributed by atoms with Crippen LogP contribution in [-0.2, 0) is 20.8 Å². The van der Waals surface area contributed by atoms with Crippen molar-refractivity contribution < 1.29 is 12.6 Å². The molecule has 8 heteroatoms. The van der Waals surface area contributed by atoms with Gasteiger partial charge in [-0.15, -0.1) is 0 Å². The molecular weight excluding hydrogens is 286 g/mol. The van der Waals surface area contributed by atoms with Gasteiger partial charge < -0.3 is 11.1 Å². The van der Waals surface area contributed by atoms with E-state index >= 15 is 0 Å². The van der Waals surface area contributed by atoms with Gasteiger partial charge in [-0.05, 0) is 12.1 Å². The quantitative estimate of drug-likeness (QED) is 0.738. The molecule has 6 nitrogen and oxygen atoms in total. The molecule has 1 atom stereocenters. The van der Waals surface area contributed by atoms with Gasteiger partial charge in [0.05, 0.1) is 11.4 Å². The van der Waals surface area contributed by atoms with Crippen LogP contribution in [0.1, 0.15) is 0 Å². The van der Waals surface area contributed by atoms with E-state index < -0.39 is 20.8 Å². The molecule has 0 aliphatic heterocycles. The maximum absolute atomic E-state index is 12.1. The summed E-state index contributed by atoms with van der Waals surface area (Å²) in [5, 5.41) is 2.99. The highest BCUT2D eigenvalue weighted by atomic mass is 32.2. The zero-order valence-corrected chi connectivity index (χ0v) is 12.8. The molecule has 0 bridgehead atoms. The minimum Gasteiger partial charge on any atom is -0.396 e. The smallest absolute Gasteiger partial charge is 0.244 e. The fourth-order valence-electron chi connectivity index (χ4n) is 1.45. The van der Waals surface area contributed by atoms with Gasteiger partial charge in [0, 0.05) is 43.4 Å². The highest BCUT2D eigenvalue weighted by molar-refractivity contribution is 7.89. The molecule has 19 heavy (non-hydrogen) atoms. The van der Waals surface area contributed by atoms with Crippen molar-refractivity contribution in [2.24, 2.45) is 0 Å². The first kappa shape index (κ1) is 15.9. The summed E-state index contributed by atoms with van der Waals surface area (Å²) in [5.41, 5.74) is 6.59. The van der Waals surface area contributed by atoms with Crippen LogP contribution >= 0.6 is 0 Å². The predicted molar refractivity (Wildman–Crippen MR) is 79.2 cm³/mol. The number of benzene rings is 1. The van der Waals surface area contributed by atoms with E-state index in [9.17, 15) is 12.6 Å². The fraction of sp³-hybridized carbons (Fsp3) is 0.455. The first-order valence-electron chi connectivity index (χ1n) is 5.61. The first-order valence-corrected chi connectivity index (χ1v) is 8.78. The fourth-order valence-corrected chi connectivity index (χ4v) is 2.87. The largest absolute Gasteiger partial charge is 0.396 e. The van der Waals surface area contributed by atoms with Crippen LogP contribution in [0.2, 0.25) is 0 Å². The number of hydrogen-bond acceptors (Lipinski definition) is 5. The third kappa shape index (κ3) is 3.92. The van der Waals surface area contributed by atoms with Crippen molar-refractivity contribution in [1.29, 1.82) is 0 Å². The Hall–Kier alpha value is -1.12. The van der Waals surface area contributed by atoms with Crippen LogP contribution < -0.4 is 11.1 Å². The van der Waals surface area contributed by atoms with Crippen LogP contribution in [0.3, 0.4) is 0 Å². The average molecular weight is 305 g/mol. The number of para-hydroxylation sites is 1. The average Bonchev–Trinajstić information content (AvgIpc) is 2.30. The SMILES string of the molecule is CN(C)S(=O)(=O)c1cccc(NCCS(C)=O)c1N. The van der Waals surface area contributed by atoms with E-state index in [1.165, 1.54) is 20.2 Å². The van der Waals surface area contributed by atoms with E-state index in [1.54, 1.807) is 18.4 Å². The third-order valence-corrected chi connectivity index (χ3v) is 5.18. The maximum atomic E-state index is 12.1. The molecule has 1 unspecified atom stereocenters. The Labute approximate surface area is 116 Å². The summed E-state index contributed by atoms with van der Waals surface area (Å²) >= 11 is 0. The van der Waals surface area contributed by atoms with Crippen molar-refractivity contribution in [3.8, 4) is 0 Å². The van der Waals surface area contributed by atoms with Gasteiger partial charge in [0.25, 0.3) is 0 Å². The minimum absolute atomic E-state index is 0.0696. The Kier molecular flexibility index (Phi) is 5.33. The number of anilines is 2. The van der Waals surface area contributed by atoms with Gasteiger partial charge in [0.15, 0.2) is 0 Å². The van der Waals surface area contributed by atoms with Crippen LogP contribution in [-0.4, -0.2) is 49.6 Å². The minimum atomic E-state index is -3.56. The highest BCUT2D eigenvalue weighted by Gasteiger charge is 2.21. The summed E-state index contributed by atoms with van der Waals surface area (Å²) in [7, 11) is -1.56. The van der Waals surface area contributed by atoms with Gasteiger partial charge >= 0.3 is 0 Å². The molecule has 0 aromatic heterocycles. The normalized spacial score (nSPS) is 13.5. The van der Waals surface area contributed by atoms with Crippen molar-refractivity contribution in [3.05, 3.63) is 18.2 Å². The van der Waals surface area contributed by atoms with Crippen LogP contribution in [0.4, 0.5) is 11.4 Å². The molecular formula is C11H19N3O3S2. The van der Waals surface area contributed by atoms with E-state index in [2.05, 4.69) is 5.32 Å². The van der Waals surface area contributed by atoms with Gasteiger partial charge in [-0.1, -0.05) is 6.07 Å². The second kappa shape index (κ2) is 6.36. The Morgan fingerprint density at radius 2 is 2.00 bits per heavy atom. The lowest BCUT2D eigenvalue weighted by atomic mass is 10.2. The summed E-state index contributed by atoms with van der Waals surface area (Å²) in [5.74, 6) is 0.476. The molecule has 0 amide bonds. The second-order valence-corrected chi connectivity index (χ2v) is 7.88. The van der Waals surface area contributed by atoms with Crippen molar-refractivity contribution in [2.75, 3.05) is 43.7 Å². The lowest BCUT2D eigenvalue weighted by molar-refractivity contribution is 0.521. The molecule has 3 N–H and O–H groups in total. The number of hydrogen-bond donors (Lipinski definition) is 2. The number of rotatable bonds is 6. The third-order valence-electron chi connectivity index (χ3n) is 2.53. The van der Waals surface area contributed by atoms with Gasteiger partial charge in [0.1, 0.15) is 4.90 Å². The molecule has 1 aromatic carbocycles. The lowest BCUT2D eigenvalue weighted by Gasteiger charge is -2.16. The second-order valence-electron chi connectivity index (χ2n) is 4.21. The van der Waals surface area contributed by atoms with E-state index in [-0.39, 0.29) is 10.6 Å². The number of sulfonamides is 1. The van der Waals surface area contributed by atoms with E-state index in [1.807, 2.05) is 0 Å². The van der Waals surface area contributed by atoms with Crippen molar-refractivity contribution in [3.63, 3.8) is 0 Å². The first-order chi connectivity index (χ1) is 8.76. The molecule has 1 rings (SSSR count). The summed E-state index contributed by atoms with van der Waals surface area (Å²) in [6, 6.07) is 4.79. The van der Waals surface area contributed by atoms with Crippen LogP contribution in [0, 0.1) is 0 Å². The predicted octanol–water partition coefficient (Wildman–Crippen LogP) is 0.310. The zero-order valence-electron chi connectivity index (χ0n) is 11.2. The number of nitrogens with one attached hydrogen (secondary N) is 1. The number of nitrogens with two attached hydrogens (primary N) is 1. The molecule has 0 spiro atoms. The maximum Gasteiger partial charge on any atom is 0.244 e. The monoisotopic (exact) mass is 305 g/mol. The Morgan fingerprint density at radius 3 is 2.53 bits per heavy atom. The zero-order chi connectivity index (χ0) is 14.6. The van der Waals surface area contributed by atoms with Gasteiger partial charge in [-0.3, -0.25) is 4.21 Å². The summed E-state index contributed by atoms with van der Waals surface area (Å²) in [4.78, 5) is 0.0696. The van der Waals surface area contributed by atoms with Crippen LogP contribution in [0.25, 0.3) is 0 Å². The van der Waals surface area contributed by atoms with Gasteiger partial charge in [-0.25, -0.2) is 12.7 Å². The molecule has 0 radical (unpaired) electrons. The molecule has 1 aromatic rings. The van der Waals surface area contributed by atoms with E-state index in [4.69, 9.17) is 5.73 Å². The highest BCUT2D eigenvalue weighted by Crippen LogP contribution is 2.27. The van der Waals surface area contributed by atoms with Crippen molar-refractivity contribution in [1.82, 2.24) is 4.31 Å². The Bertz CT molecular complexity index is 571. The van der Waals surface area contributed by atoms with Gasteiger partial charge in [-0.2, -0.15) is 0 Å². The molecule has 0 fully saturated rings. The molecule has 108 valence electrons. The summed E-state index contributed by atoms with van der Waals surface area (Å²) in [6.07, 6.45) is 1.61. The van der Waals surface area contributed by atoms with Crippen molar-refractivity contribution in [2.45, 2.75) is 4.90 Å². The topological polar surface area (TPSA) is 92.5 Å². The molecule has 0 aliphatic carbocycles. The number of nitrogen functional groups attached to an aromatic ring is 1. The standard InChI is InChI=1S/C11H19N3O3S2/c1-14(2)19(16,17)10-6-4-5-9(11(10)12)13-7-8-18(3)15/h4-6,13H,7-8,12H2,1-3H3. The molecule has 0 heterocycles. The van der Waals surface area contributed by atoms with Gasteiger partial charge in [0.2, 0.25) is 10.0 Å². The van der Waals surface area contributed by atoms with E-state index in [0.717, 1.165) is 4.31 Å².